The van der Waals surface area contributed by atoms with Gasteiger partial charge in [-0.25, -0.2) is 9.97 Å². The summed E-state index contributed by atoms with van der Waals surface area (Å²) in [6.07, 6.45) is 0. The van der Waals surface area contributed by atoms with Crippen LogP contribution in [0.4, 0.5) is 23.1 Å². The quantitative estimate of drug-likeness (QED) is 0.132. The molecular formula is C24H20Cl2N6O3. The molecule has 2 heterocycles. The molecule has 9 nitrogen and oxygen atoms in total. The number of nitrogens with two attached hydrogens (primary N) is 1. The third-order valence-electron chi connectivity index (χ3n) is 5.11. The summed E-state index contributed by atoms with van der Waals surface area (Å²) in [6, 6.07) is 18.6. The van der Waals surface area contributed by atoms with Gasteiger partial charge in [0, 0.05) is 40.9 Å². The number of benzene rings is 2. The zero-order chi connectivity index (χ0) is 24.9. The molecule has 0 unspecified atom stereocenters. The van der Waals surface area contributed by atoms with Gasteiger partial charge in [-0.3, -0.25) is 10.1 Å². The average Bonchev–Trinajstić information content (AvgIpc) is 2.82. The Hall–Kier alpha value is -4.08. The number of rotatable bonds is 8. The second kappa shape index (κ2) is 10.5. The maximum atomic E-state index is 10.9. The second-order valence-corrected chi connectivity index (χ2v) is 8.29. The highest BCUT2D eigenvalue weighted by atomic mass is 35.5. The molecule has 0 radical (unpaired) electrons. The van der Waals surface area contributed by atoms with E-state index in [1.165, 1.54) is 12.1 Å². The summed E-state index contributed by atoms with van der Waals surface area (Å²) in [5.41, 5.74) is 7.97. The molecule has 0 atom stereocenters. The maximum absolute atomic E-state index is 10.9. The Balaban J connectivity index is 1.55. The number of pyridine rings is 2. The number of hydrogen-bond donors (Lipinski definition) is 4. The van der Waals surface area contributed by atoms with Crippen molar-refractivity contribution < 1.29 is 10.0 Å². The number of para-hydroxylation sites is 1. The van der Waals surface area contributed by atoms with E-state index in [2.05, 4.69) is 15.6 Å². The highest BCUT2D eigenvalue weighted by Gasteiger charge is 2.16. The van der Waals surface area contributed by atoms with Crippen LogP contribution in [0.5, 0.6) is 5.75 Å². The summed E-state index contributed by atoms with van der Waals surface area (Å²) in [7, 11) is 0. The number of hydrogen-bond acceptors (Lipinski definition) is 8. The van der Waals surface area contributed by atoms with Crippen LogP contribution in [0.1, 0.15) is 0 Å². The van der Waals surface area contributed by atoms with Crippen LogP contribution in [-0.4, -0.2) is 33.1 Å². The number of phenolic OH excluding ortho intramolecular Hbond substituents is 1. The number of nitrogen functional groups attached to an aromatic ring is 1. The number of anilines is 3. The number of halogens is 2. The average molecular weight is 511 g/mol. The van der Waals surface area contributed by atoms with Crippen LogP contribution in [0, 0.1) is 10.1 Å². The maximum Gasteiger partial charge on any atom is 0.311 e. The molecular weight excluding hydrogens is 491 g/mol. The van der Waals surface area contributed by atoms with Crippen molar-refractivity contribution >= 4 is 46.3 Å². The first-order chi connectivity index (χ1) is 16.8. The number of aromatic nitrogens is 2. The summed E-state index contributed by atoms with van der Waals surface area (Å²) in [6.45, 7) is 0.916. The van der Waals surface area contributed by atoms with Gasteiger partial charge in [0.15, 0.2) is 0 Å². The molecule has 4 rings (SSSR count). The largest absolute Gasteiger partial charge is 0.507 e. The molecule has 11 heteroatoms. The summed E-state index contributed by atoms with van der Waals surface area (Å²) in [5, 5.41) is 28.5. The van der Waals surface area contributed by atoms with Gasteiger partial charge in [0.05, 0.1) is 15.6 Å². The smallest absolute Gasteiger partial charge is 0.311 e. The van der Waals surface area contributed by atoms with Gasteiger partial charge in [0.1, 0.15) is 17.4 Å². The molecule has 4 aromatic rings. The van der Waals surface area contributed by atoms with Gasteiger partial charge in [0.2, 0.25) is 5.82 Å². The van der Waals surface area contributed by atoms with E-state index >= 15 is 0 Å². The van der Waals surface area contributed by atoms with Crippen molar-refractivity contribution in [2.24, 2.45) is 0 Å². The van der Waals surface area contributed by atoms with Crippen molar-refractivity contribution in [1.29, 1.82) is 0 Å². The lowest BCUT2D eigenvalue weighted by Crippen LogP contribution is -2.15. The molecule has 0 fully saturated rings. The number of nitro groups is 1. The lowest BCUT2D eigenvalue weighted by molar-refractivity contribution is -0.384. The third kappa shape index (κ3) is 5.53. The number of phenols is 1. The van der Waals surface area contributed by atoms with Crippen LogP contribution in [-0.2, 0) is 0 Å². The van der Waals surface area contributed by atoms with Crippen molar-refractivity contribution in [3.05, 3.63) is 86.9 Å². The van der Waals surface area contributed by atoms with Gasteiger partial charge in [-0.05, 0) is 42.5 Å². The van der Waals surface area contributed by atoms with Crippen molar-refractivity contribution in [1.82, 2.24) is 9.97 Å². The van der Waals surface area contributed by atoms with Crippen molar-refractivity contribution in [3.63, 3.8) is 0 Å². The molecule has 178 valence electrons. The zero-order valence-electron chi connectivity index (χ0n) is 18.2. The highest BCUT2D eigenvalue weighted by Crippen LogP contribution is 2.39. The fourth-order valence-electron chi connectivity index (χ4n) is 3.46. The Morgan fingerprint density at radius 1 is 0.886 bits per heavy atom. The first-order valence-electron chi connectivity index (χ1n) is 10.5. The van der Waals surface area contributed by atoms with Gasteiger partial charge in [-0.2, -0.15) is 0 Å². The van der Waals surface area contributed by atoms with E-state index in [0.717, 1.165) is 0 Å². The Labute approximate surface area is 210 Å². The lowest BCUT2D eigenvalue weighted by atomic mass is 9.98. The molecule has 0 aliphatic carbocycles. The first-order valence-corrected chi connectivity index (χ1v) is 11.2. The Morgan fingerprint density at radius 2 is 1.54 bits per heavy atom. The van der Waals surface area contributed by atoms with Gasteiger partial charge in [-0.15, -0.1) is 0 Å². The molecule has 35 heavy (non-hydrogen) atoms. The van der Waals surface area contributed by atoms with Crippen LogP contribution in [0.3, 0.4) is 0 Å². The Kier molecular flexibility index (Phi) is 7.19. The second-order valence-electron chi connectivity index (χ2n) is 7.45. The zero-order valence-corrected chi connectivity index (χ0v) is 19.7. The predicted octanol–water partition coefficient (Wildman–Crippen LogP) is 5.84. The molecule has 0 aliphatic heterocycles. The fourth-order valence-corrected chi connectivity index (χ4v) is 3.96. The SMILES string of the molecule is Nc1nc(NCCNc2ccc(-c3ccccc3O)c(-c3ccc(Cl)cc3Cl)n2)ccc1[N+](=O)[O-]. The van der Waals surface area contributed by atoms with Gasteiger partial charge in [0.25, 0.3) is 0 Å². The minimum Gasteiger partial charge on any atom is -0.507 e. The lowest BCUT2D eigenvalue weighted by Gasteiger charge is -2.15. The fraction of sp³-hybridized carbons (Fsp3) is 0.0833. The number of nitrogens with zero attached hydrogens (tertiary/aromatic N) is 3. The van der Waals surface area contributed by atoms with E-state index in [0.29, 0.717) is 57.2 Å². The van der Waals surface area contributed by atoms with E-state index in [1.807, 2.05) is 12.1 Å². The molecule has 0 bridgehead atoms. The molecule has 0 saturated carbocycles. The highest BCUT2D eigenvalue weighted by molar-refractivity contribution is 6.36. The molecule has 2 aromatic carbocycles. The molecule has 0 saturated heterocycles. The Morgan fingerprint density at radius 3 is 2.20 bits per heavy atom. The summed E-state index contributed by atoms with van der Waals surface area (Å²) in [4.78, 5) is 19.0. The number of nitrogens with one attached hydrogen (secondary N) is 2. The van der Waals surface area contributed by atoms with Crippen LogP contribution >= 0.6 is 23.2 Å². The van der Waals surface area contributed by atoms with Gasteiger partial charge >= 0.3 is 5.69 Å². The molecule has 5 N–H and O–H groups in total. The summed E-state index contributed by atoms with van der Waals surface area (Å²) in [5.74, 6) is 0.980. The third-order valence-corrected chi connectivity index (χ3v) is 5.66. The molecule has 2 aromatic heterocycles. The van der Waals surface area contributed by atoms with Crippen molar-refractivity contribution in [3.8, 4) is 28.1 Å². The normalized spacial score (nSPS) is 10.7. The predicted molar refractivity (Wildman–Crippen MR) is 139 cm³/mol. The van der Waals surface area contributed by atoms with Gasteiger partial charge < -0.3 is 21.5 Å². The van der Waals surface area contributed by atoms with E-state index in [4.69, 9.17) is 33.9 Å². The van der Waals surface area contributed by atoms with Crippen LogP contribution < -0.4 is 16.4 Å². The minimum absolute atomic E-state index is 0.125. The Bertz CT molecular complexity index is 1400. The van der Waals surface area contributed by atoms with Crippen molar-refractivity contribution in [2.45, 2.75) is 0 Å². The van der Waals surface area contributed by atoms with E-state index < -0.39 is 4.92 Å². The van der Waals surface area contributed by atoms with E-state index in [-0.39, 0.29) is 17.3 Å². The topological polar surface area (TPSA) is 139 Å². The van der Waals surface area contributed by atoms with Crippen LogP contribution in [0.2, 0.25) is 10.0 Å². The number of aromatic hydroxyl groups is 1. The summed E-state index contributed by atoms with van der Waals surface area (Å²) >= 11 is 12.6. The first kappa shape index (κ1) is 24.1. The van der Waals surface area contributed by atoms with E-state index in [9.17, 15) is 15.2 Å². The monoisotopic (exact) mass is 510 g/mol. The molecule has 0 amide bonds. The van der Waals surface area contributed by atoms with Gasteiger partial charge in [-0.1, -0.05) is 41.4 Å². The standard InChI is InChI=1S/C24H20Cl2N6O3/c25-14-5-6-17(18(26)13-14)23-16(15-3-1-2-4-20(15)33)7-9-21(30-23)28-11-12-29-22-10-8-19(32(34)35)24(27)31-22/h1-10,13,33H,11-12H2,(H,28,30)(H3,27,29,31). The van der Waals surface area contributed by atoms with Crippen LogP contribution in [0.25, 0.3) is 22.4 Å². The molecule has 0 spiro atoms. The summed E-state index contributed by atoms with van der Waals surface area (Å²) < 4.78 is 0. The van der Waals surface area contributed by atoms with Crippen molar-refractivity contribution in [2.75, 3.05) is 29.5 Å². The van der Waals surface area contributed by atoms with E-state index in [1.54, 1.807) is 42.5 Å². The van der Waals surface area contributed by atoms with Crippen LogP contribution in [0.15, 0.2) is 66.7 Å². The molecule has 0 aliphatic rings. The minimum atomic E-state index is -0.581.